The summed E-state index contributed by atoms with van der Waals surface area (Å²) in [6.07, 6.45) is 0. The van der Waals surface area contributed by atoms with Crippen LogP contribution in [-0.4, -0.2) is 20.8 Å². The van der Waals surface area contributed by atoms with E-state index in [0.717, 1.165) is 5.39 Å². The monoisotopic (exact) mass is 387 g/mol. The molecule has 0 aliphatic heterocycles. The predicted octanol–water partition coefficient (Wildman–Crippen LogP) is 4.07. The fourth-order valence-corrected chi connectivity index (χ4v) is 3.98. The molecule has 2 aromatic carbocycles. The Morgan fingerprint density at radius 3 is 2.52 bits per heavy atom. The molecule has 0 amide bonds. The Kier molecular flexibility index (Phi) is 5.34. The summed E-state index contributed by atoms with van der Waals surface area (Å²) in [7, 11) is -3.76. The van der Waals surface area contributed by atoms with Crippen molar-refractivity contribution in [3.05, 3.63) is 59.9 Å². The zero-order chi connectivity index (χ0) is 19.6. The third-order valence-electron chi connectivity index (χ3n) is 4.16. The average Bonchev–Trinajstić information content (AvgIpc) is 3.07. The van der Waals surface area contributed by atoms with Gasteiger partial charge in [-0.05, 0) is 45.0 Å². The minimum Gasteiger partial charge on any atom is -0.490 e. The summed E-state index contributed by atoms with van der Waals surface area (Å²) in [6, 6.07) is 12.6. The SMILES string of the molecule is CCOc1cccc2cc([C@@H](C)NS(=O)(=O)c3ccc(C(C)=O)cc3)oc12. The van der Waals surface area contributed by atoms with Crippen molar-refractivity contribution in [1.82, 2.24) is 4.72 Å². The summed E-state index contributed by atoms with van der Waals surface area (Å²) in [5.74, 6) is 0.991. The summed E-state index contributed by atoms with van der Waals surface area (Å²) in [5.41, 5.74) is 1.05. The minimum atomic E-state index is -3.76. The van der Waals surface area contributed by atoms with Crippen molar-refractivity contribution in [3.63, 3.8) is 0 Å². The highest BCUT2D eigenvalue weighted by Gasteiger charge is 2.21. The van der Waals surface area contributed by atoms with Gasteiger partial charge in [0.2, 0.25) is 10.0 Å². The lowest BCUT2D eigenvalue weighted by Crippen LogP contribution is -2.26. The molecule has 142 valence electrons. The molecule has 0 bridgehead atoms. The number of furan rings is 1. The van der Waals surface area contributed by atoms with Crippen molar-refractivity contribution in [2.45, 2.75) is 31.7 Å². The third-order valence-corrected chi connectivity index (χ3v) is 5.71. The predicted molar refractivity (Wildman–Crippen MR) is 103 cm³/mol. The van der Waals surface area contributed by atoms with Gasteiger partial charge in [-0.2, -0.15) is 0 Å². The fourth-order valence-electron chi connectivity index (χ4n) is 2.77. The molecule has 0 fully saturated rings. The number of fused-ring (bicyclic) bond motifs is 1. The molecule has 1 N–H and O–H groups in total. The fraction of sp³-hybridized carbons (Fsp3) is 0.250. The Balaban J connectivity index is 1.85. The van der Waals surface area contributed by atoms with E-state index in [2.05, 4.69) is 4.72 Å². The van der Waals surface area contributed by atoms with Crippen LogP contribution in [0.3, 0.4) is 0 Å². The Labute approximate surface area is 158 Å². The van der Waals surface area contributed by atoms with Gasteiger partial charge in [-0.1, -0.05) is 24.3 Å². The number of para-hydroxylation sites is 1. The number of rotatable bonds is 7. The normalized spacial score (nSPS) is 12.9. The van der Waals surface area contributed by atoms with Crippen molar-refractivity contribution in [2.24, 2.45) is 0 Å². The van der Waals surface area contributed by atoms with Gasteiger partial charge in [0.1, 0.15) is 5.76 Å². The van der Waals surface area contributed by atoms with Crippen LogP contribution in [0.4, 0.5) is 0 Å². The van der Waals surface area contributed by atoms with Gasteiger partial charge in [0, 0.05) is 10.9 Å². The van der Waals surface area contributed by atoms with Gasteiger partial charge in [0.25, 0.3) is 0 Å². The Hall–Kier alpha value is -2.64. The lowest BCUT2D eigenvalue weighted by atomic mass is 10.2. The van der Waals surface area contributed by atoms with Crippen LogP contribution in [0.15, 0.2) is 57.8 Å². The molecular formula is C20H21NO5S. The largest absolute Gasteiger partial charge is 0.490 e. The number of hydrogen-bond acceptors (Lipinski definition) is 5. The van der Waals surface area contributed by atoms with Crippen LogP contribution >= 0.6 is 0 Å². The summed E-state index contributed by atoms with van der Waals surface area (Å²) in [4.78, 5) is 11.4. The van der Waals surface area contributed by atoms with Crippen LogP contribution in [0.1, 0.15) is 42.9 Å². The summed E-state index contributed by atoms with van der Waals surface area (Å²) in [6.45, 7) is 5.53. The molecule has 0 radical (unpaired) electrons. The molecule has 0 unspecified atom stereocenters. The maximum atomic E-state index is 12.6. The van der Waals surface area contributed by atoms with Crippen LogP contribution in [0, 0.1) is 0 Å². The van der Waals surface area contributed by atoms with E-state index < -0.39 is 16.1 Å². The highest BCUT2D eigenvalue weighted by atomic mass is 32.2. The maximum absolute atomic E-state index is 12.6. The minimum absolute atomic E-state index is 0.0884. The molecule has 3 aromatic rings. The summed E-state index contributed by atoms with van der Waals surface area (Å²) >= 11 is 0. The van der Waals surface area contributed by atoms with Gasteiger partial charge in [0.05, 0.1) is 17.5 Å². The van der Waals surface area contributed by atoms with Gasteiger partial charge in [-0.25, -0.2) is 13.1 Å². The summed E-state index contributed by atoms with van der Waals surface area (Å²) in [5, 5.41) is 0.841. The standard InChI is InChI=1S/C20H21NO5S/c1-4-25-18-7-5-6-16-12-19(26-20(16)18)13(2)21-27(23,24)17-10-8-15(9-11-17)14(3)22/h5-13,21H,4H2,1-3H3/t13-/m1/s1. The highest BCUT2D eigenvalue weighted by molar-refractivity contribution is 7.89. The van der Waals surface area contributed by atoms with Crippen LogP contribution < -0.4 is 9.46 Å². The molecule has 0 saturated heterocycles. The van der Waals surface area contributed by atoms with E-state index in [1.807, 2.05) is 25.1 Å². The number of carbonyl (C=O) groups is 1. The van der Waals surface area contributed by atoms with Gasteiger partial charge in [-0.3, -0.25) is 4.79 Å². The smallest absolute Gasteiger partial charge is 0.241 e. The second-order valence-electron chi connectivity index (χ2n) is 6.18. The number of Topliss-reactive ketones (excluding diaryl/α,β-unsaturated/α-hetero) is 1. The van der Waals surface area contributed by atoms with Crippen molar-refractivity contribution in [3.8, 4) is 5.75 Å². The van der Waals surface area contributed by atoms with Gasteiger partial charge in [-0.15, -0.1) is 0 Å². The number of carbonyl (C=O) groups excluding carboxylic acids is 1. The molecule has 0 aliphatic rings. The van der Waals surface area contributed by atoms with Crippen LogP contribution in [0.5, 0.6) is 5.75 Å². The van der Waals surface area contributed by atoms with Crippen LogP contribution in [0.2, 0.25) is 0 Å². The van der Waals surface area contributed by atoms with E-state index in [1.54, 1.807) is 13.0 Å². The van der Waals surface area contributed by atoms with Crippen LogP contribution in [0.25, 0.3) is 11.0 Å². The second-order valence-corrected chi connectivity index (χ2v) is 7.89. The van der Waals surface area contributed by atoms with E-state index in [1.165, 1.54) is 31.2 Å². The first kappa shape index (κ1) is 19.1. The number of nitrogens with one attached hydrogen (secondary N) is 1. The van der Waals surface area contributed by atoms with Crippen molar-refractivity contribution in [2.75, 3.05) is 6.61 Å². The topological polar surface area (TPSA) is 85.6 Å². The summed E-state index contributed by atoms with van der Waals surface area (Å²) < 4.78 is 39.2. The Morgan fingerprint density at radius 2 is 1.89 bits per heavy atom. The first-order valence-corrected chi connectivity index (χ1v) is 10.1. The molecule has 1 atom stereocenters. The van der Waals surface area contributed by atoms with E-state index in [-0.39, 0.29) is 10.7 Å². The van der Waals surface area contributed by atoms with Crippen molar-refractivity contribution < 1.29 is 22.4 Å². The highest BCUT2D eigenvalue weighted by Crippen LogP contribution is 2.31. The molecule has 1 heterocycles. The molecule has 3 rings (SSSR count). The lowest BCUT2D eigenvalue weighted by Gasteiger charge is -2.12. The second kappa shape index (κ2) is 7.54. The molecule has 7 heteroatoms. The average molecular weight is 387 g/mol. The molecule has 0 aliphatic carbocycles. The number of ketones is 1. The molecule has 6 nitrogen and oxygen atoms in total. The first-order valence-electron chi connectivity index (χ1n) is 8.60. The van der Waals surface area contributed by atoms with Crippen molar-refractivity contribution in [1.29, 1.82) is 0 Å². The van der Waals surface area contributed by atoms with E-state index in [4.69, 9.17) is 9.15 Å². The number of hydrogen-bond donors (Lipinski definition) is 1. The zero-order valence-electron chi connectivity index (χ0n) is 15.4. The maximum Gasteiger partial charge on any atom is 0.241 e. The third kappa shape index (κ3) is 4.04. The quantitative estimate of drug-likeness (QED) is 0.618. The molecule has 27 heavy (non-hydrogen) atoms. The Morgan fingerprint density at radius 1 is 1.19 bits per heavy atom. The lowest BCUT2D eigenvalue weighted by molar-refractivity contribution is 0.101. The Bertz CT molecular complexity index is 1070. The molecule has 1 aromatic heterocycles. The number of sulfonamides is 1. The van der Waals surface area contributed by atoms with Gasteiger partial charge < -0.3 is 9.15 Å². The van der Waals surface area contributed by atoms with E-state index in [9.17, 15) is 13.2 Å². The number of benzene rings is 2. The van der Waals surface area contributed by atoms with E-state index >= 15 is 0 Å². The number of ether oxygens (including phenoxy) is 1. The van der Waals surface area contributed by atoms with E-state index in [0.29, 0.717) is 29.3 Å². The molecule has 0 spiro atoms. The first-order chi connectivity index (χ1) is 12.8. The molecular weight excluding hydrogens is 366 g/mol. The van der Waals surface area contributed by atoms with Gasteiger partial charge in [0.15, 0.2) is 17.1 Å². The molecule has 0 saturated carbocycles. The van der Waals surface area contributed by atoms with Crippen LogP contribution in [-0.2, 0) is 10.0 Å². The van der Waals surface area contributed by atoms with Crippen molar-refractivity contribution >= 4 is 26.8 Å². The zero-order valence-corrected chi connectivity index (χ0v) is 16.2. The van der Waals surface area contributed by atoms with Gasteiger partial charge >= 0.3 is 0 Å².